The first-order valence-corrected chi connectivity index (χ1v) is 14.0. The van der Waals surface area contributed by atoms with Crippen molar-refractivity contribution < 1.29 is 29.3 Å². The van der Waals surface area contributed by atoms with Gasteiger partial charge in [-0.15, -0.1) is 0 Å². The van der Waals surface area contributed by atoms with Crippen LogP contribution in [0.4, 0.5) is 0 Å². The number of carboxylic acid groups (broad SMARTS) is 1. The van der Waals surface area contributed by atoms with E-state index in [0.717, 1.165) is 24.5 Å². The molecule has 1 heterocycles. The van der Waals surface area contributed by atoms with E-state index in [0.29, 0.717) is 17.9 Å². The Bertz CT molecular complexity index is 1020. The number of allylic oxidation sites excluding steroid dienone is 8. The van der Waals surface area contributed by atoms with Gasteiger partial charge >= 0.3 is 11.9 Å². The molecule has 0 radical (unpaired) electrons. The molecular formula is C33H48O6. The van der Waals surface area contributed by atoms with Gasteiger partial charge in [-0.25, -0.2) is 9.59 Å². The Morgan fingerprint density at radius 2 is 1.77 bits per heavy atom. The van der Waals surface area contributed by atoms with Crippen LogP contribution in [0.2, 0.25) is 0 Å². The molecule has 0 amide bonds. The summed E-state index contributed by atoms with van der Waals surface area (Å²) in [4.78, 5) is 35.3. The summed E-state index contributed by atoms with van der Waals surface area (Å²) in [5.74, 6) is -2.01. The number of aliphatic carboxylic acids is 1. The molecule has 0 saturated heterocycles. The molecule has 216 valence electrons. The molecule has 2 N–H and O–H groups in total. The fraction of sp³-hybridized carbons (Fsp3) is 0.545. The Morgan fingerprint density at radius 1 is 1.10 bits per heavy atom. The topological polar surface area (TPSA) is 101 Å². The Balaban J connectivity index is 2.69. The number of hydrogen-bond acceptors (Lipinski definition) is 5. The zero-order valence-corrected chi connectivity index (χ0v) is 24.9. The van der Waals surface area contributed by atoms with E-state index in [1.807, 2.05) is 58.1 Å². The predicted octanol–water partition coefficient (Wildman–Crippen LogP) is 6.78. The highest BCUT2D eigenvalue weighted by molar-refractivity contribution is 5.85. The number of carboxylic acids is 1. The van der Waals surface area contributed by atoms with E-state index in [1.165, 1.54) is 11.6 Å². The first-order valence-electron chi connectivity index (χ1n) is 14.0. The molecule has 0 aliphatic carbocycles. The summed E-state index contributed by atoms with van der Waals surface area (Å²) in [5, 5.41) is 19.6. The van der Waals surface area contributed by atoms with Crippen LogP contribution in [0.15, 0.2) is 71.4 Å². The van der Waals surface area contributed by atoms with Crippen molar-refractivity contribution >= 4 is 17.7 Å². The Morgan fingerprint density at radius 3 is 2.38 bits per heavy atom. The number of ether oxygens (including phenoxy) is 1. The molecule has 6 nitrogen and oxygen atoms in total. The number of cyclic esters (lactones) is 1. The van der Waals surface area contributed by atoms with E-state index in [-0.39, 0.29) is 35.6 Å². The normalized spacial score (nSPS) is 23.0. The fourth-order valence-corrected chi connectivity index (χ4v) is 4.75. The summed E-state index contributed by atoms with van der Waals surface area (Å²) in [5.41, 5.74) is 2.84. The Kier molecular flexibility index (Phi) is 14.7. The van der Waals surface area contributed by atoms with Gasteiger partial charge in [0.1, 0.15) is 11.9 Å². The molecule has 0 aromatic heterocycles. The second-order valence-corrected chi connectivity index (χ2v) is 11.1. The van der Waals surface area contributed by atoms with Gasteiger partial charge in [-0.1, -0.05) is 94.7 Å². The molecule has 1 aliphatic rings. The highest BCUT2D eigenvalue weighted by Crippen LogP contribution is 2.24. The van der Waals surface area contributed by atoms with Crippen molar-refractivity contribution in [1.29, 1.82) is 0 Å². The monoisotopic (exact) mass is 540 g/mol. The Labute approximate surface area is 234 Å². The van der Waals surface area contributed by atoms with Gasteiger partial charge in [0.05, 0.1) is 6.10 Å². The molecule has 7 atom stereocenters. The van der Waals surface area contributed by atoms with E-state index >= 15 is 0 Å². The summed E-state index contributed by atoms with van der Waals surface area (Å²) in [6.07, 6.45) is 17.8. The molecule has 0 saturated carbocycles. The van der Waals surface area contributed by atoms with Gasteiger partial charge in [0.2, 0.25) is 0 Å². The Hall–Kier alpha value is -2.99. The number of aliphatic hydroxyl groups excluding tert-OH is 1. The second-order valence-electron chi connectivity index (χ2n) is 11.1. The number of ketones is 1. The van der Waals surface area contributed by atoms with Crippen molar-refractivity contribution in [2.45, 2.75) is 86.9 Å². The average molecular weight is 541 g/mol. The minimum absolute atomic E-state index is 0.0360. The third kappa shape index (κ3) is 12.6. The van der Waals surface area contributed by atoms with Gasteiger partial charge in [-0.2, -0.15) is 0 Å². The van der Waals surface area contributed by atoms with Gasteiger partial charge in [-0.3, -0.25) is 4.79 Å². The minimum atomic E-state index is -1.01. The standard InChI is InChI=1S/C33H48O6/c1-9-28(14-15-29-24(5)13-16-31(36)39-29)19-22(3)12-10-11-21(2)17-25(6)32(37)27(8)33(38)26(7)18-23(4)20-30(34)35/h10-11,13-17,19-20,22,24-27,29,33,38H,9,12,18H2,1-8H3,(H,34,35)/b11-10+,15-14+,21-17+,23-20+,28-19-/t22-,24+,25+,26-,27+,29-,33+/m1/s1. The van der Waals surface area contributed by atoms with Gasteiger partial charge < -0.3 is 14.9 Å². The largest absolute Gasteiger partial charge is 0.478 e. The van der Waals surface area contributed by atoms with Crippen LogP contribution in [0, 0.1) is 29.6 Å². The van der Waals surface area contributed by atoms with Crippen LogP contribution >= 0.6 is 0 Å². The molecule has 39 heavy (non-hydrogen) atoms. The molecule has 0 aromatic carbocycles. The minimum Gasteiger partial charge on any atom is -0.478 e. The highest BCUT2D eigenvalue weighted by atomic mass is 16.5. The molecular weight excluding hydrogens is 492 g/mol. The molecule has 0 unspecified atom stereocenters. The predicted molar refractivity (Wildman–Crippen MR) is 157 cm³/mol. The zero-order chi connectivity index (χ0) is 29.7. The van der Waals surface area contributed by atoms with Crippen molar-refractivity contribution in [3.05, 3.63) is 71.4 Å². The second kappa shape index (κ2) is 16.9. The molecule has 0 bridgehead atoms. The van der Waals surface area contributed by atoms with E-state index in [1.54, 1.807) is 13.8 Å². The lowest BCUT2D eigenvalue weighted by Gasteiger charge is -2.25. The lowest BCUT2D eigenvalue weighted by Crippen LogP contribution is -2.34. The number of rotatable bonds is 15. The fourth-order valence-electron chi connectivity index (χ4n) is 4.75. The third-order valence-electron chi connectivity index (χ3n) is 7.12. The number of carbonyl (C=O) groups is 3. The van der Waals surface area contributed by atoms with E-state index in [4.69, 9.17) is 9.84 Å². The van der Waals surface area contributed by atoms with Crippen molar-refractivity contribution in [3.63, 3.8) is 0 Å². The summed E-state index contributed by atoms with van der Waals surface area (Å²) in [7, 11) is 0. The summed E-state index contributed by atoms with van der Waals surface area (Å²) < 4.78 is 5.39. The van der Waals surface area contributed by atoms with Crippen LogP contribution in [-0.4, -0.2) is 40.1 Å². The smallest absolute Gasteiger partial charge is 0.331 e. The average Bonchev–Trinajstić information content (AvgIpc) is 2.86. The number of hydrogen-bond donors (Lipinski definition) is 2. The molecule has 6 heteroatoms. The van der Waals surface area contributed by atoms with Crippen LogP contribution < -0.4 is 0 Å². The first kappa shape index (κ1) is 34.0. The van der Waals surface area contributed by atoms with Crippen molar-refractivity contribution in [3.8, 4) is 0 Å². The zero-order valence-electron chi connectivity index (χ0n) is 24.9. The van der Waals surface area contributed by atoms with Gasteiger partial charge in [-0.05, 0) is 51.0 Å². The number of carbonyl (C=O) groups excluding carboxylic acids is 2. The molecule has 0 aromatic rings. The number of aliphatic hydroxyl groups is 1. The molecule has 1 rings (SSSR count). The first-order chi connectivity index (χ1) is 18.2. The van der Waals surface area contributed by atoms with Crippen LogP contribution in [0.1, 0.15) is 74.7 Å². The van der Waals surface area contributed by atoms with Crippen LogP contribution in [0.25, 0.3) is 0 Å². The van der Waals surface area contributed by atoms with Crippen molar-refractivity contribution in [1.82, 2.24) is 0 Å². The van der Waals surface area contributed by atoms with Crippen LogP contribution in [0.5, 0.6) is 0 Å². The molecule has 1 aliphatic heterocycles. The van der Waals surface area contributed by atoms with Gasteiger partial charge in [0.25, 0.3) is 0 Å². The van der Waals surface area contributed by atoms with E-state index in [9.17, 15) is 19.5 Å². The summed E-state index contributed by atoms with van der Waals surface area (Å²) in [6, 6.07) is 0. The quantitative estimate of drug-likeness (QED) is 0.135. The maximum Gasteiger partial charge on any atom is 0.331 e. The SMILES string of the molecule is CCC(=C/[C@H](C)C/C=C/C(C)=C/[C@H](C)C(=O)[C@H](C)[C@@H](O)[C@H](C)C/C(C)=C/C(=O)O)/C=C/[C@H]1OC(=O)C=C[C@@H]1C. The molecule has 0 fully saturated rings. The molecule has 0 spiro atoms. The maximum atomic E-state index is 13.0. The van der Waals surface area contributed by atoms with E-state index < -0.39 is 18.0 Å². The lowest BCUT2D eigenvalue weighted by atomic mass is 9.83. The number of Topliss-reactive ketones (excluding diaryl/α,β-unsaturated/α-hetero) is 1. The van der Waals surface area contributed by atoms with Gasteiger partial charge in [0, 0.05) is 29.9 Å². The van der Waals surface area contributed by atoms with Gasteiger partial charge in [0.15, 0.2) is 0 Å². The summed E-state index contributed by atoms with van der Waals surface area (Å²) in [6.45, 7) is 15.4. The third-order valence-corrected chi connectivity index (χ3v) is 7.12. The van der Waals surface area contributed by atoms with Crippen molar-refractivity contribution in [2.75, 3.05) is 0 Å². The van der Waals surface area contributed by atoms with Crippen molar-refractivity contribution in [2.24, 2.45) is 29.6 Å². The number of esters is 1. The van der Waals surface area contributed by atoms with E-state index in [2.05, 4.69) is 26.0 Å². The van der Waals surface area contributed by atoms with Crippen LogP contribution in [-0.2, 0) is 19.1 Å². The van der Waals surface area contributed by atoms with Crippen LogP contribution in [0.3, 0.4) is 0 Å². The highest BCUT2D eigenvalue weighted by Gasteiger charge is 2.29. The lowest BCUT2D eigenvalue weighted by molar-refractivity contribution is -0.143. The summed E-state index contributed by atoms with van der Waals surface area (Å²) >= 11 is 0. The maximum absolute atomic E-state index is 13.0.